The van der Waals surface area contributed by atoms with Crippen LogP contribution in [-0.2, 0) is 9.63 Å². The van der Waals surface area contributed by atoms with Gasteiger partial charge in [-0.15, -0.1) is 0 Å². The largest absolute Gasteiger partial charge is 0.496 e. The second-order valence-corrected chi connectivity index (χ2v) is 6.41. The highest BCUT2D eigenvalue weighted by Crippen LogP contribution is 2.28. The first-order valence-corrected chi connectivity index (χ1v) is 8.30. The molecule has 0 aromatic heterocycles. The summed E-state index contributed by atoms with van der Waals surface area (Å²) in [5.74, 6) is 0.806. The number of benzene rings is 1. The maximum atomic E-state index is 12.8. The number of rotatable bonds is 3. The van der Waals surface area contributed by atoms with Crippen LogP contribution in [0.15, 0.2) is 29.4 Å². The van der Waals surface area contributed by atoms with E-state index >= 15 is 0 Å². The predicted octanol–water partition coefficient (Wildman–Crippen LogP) is 2.98. The summed E-state index contributed by atoms with van der Waals surface area (Å²) in [5.41, 5.74) is 1.67. The summed E-state index contributed by atoms with van der Waals surface area (Å²) >= 11 is 0. The SMILES string of the molecule is COc1ccccc1C1=NOC(C(=O)N2C(C)CCCC2C)C1. The van der Waals surface area contributed by atoms with Gasteiger partial charge in [-0.1, -0.05) is 17.3 Å². The minimum atomic E-state index is -0.516. The second kappa shape index (κ2) is 6.60. The Morgan fingerprint density at radius 3 is 2.65 bits per heavy atom. The number of methoxy groups -OCH3 is 1. The molecule has 0 bridgehead atoms. The molecule has 1 amide bonds. The fourth-order valence-electron chi connectivity index (χ4n) is 3.57. The van der Waals surface area contributed by atoms with Crippen molar-refractivity contribution in [2.75, 3.05) is 7.11 Å². The van der Waals surface area contributed by atoms with Crippen molar-refractivity contribution in [1.82, 2.24) is 4.90 Å². The quantitative estimate of drug-likeness (QED) is 0.861. The molecule has 1 saturated heterocycles. The molecule has 0 saturated carbocycles. The lowest BCUT2D eigenvalue weighted by Gasteiger charge is -2.39. The highest BCUT2D eigenvalue weighted by molar-refractivity contribution is 6.06. The van der Waals surface area contributed by atoms with Crippen molar-refractivity contribution < 1.29 is 14.4 Å². The van der Waals surface area contributed by atoms with Crippen molar-refractivity contribution in [2.45, 2.75) is 57.7 Å². The summed E-state index contributed by atoms with van der Waals surface area (Å²) in [6.07, 6.45) is 3.28. The van der Waals surface area contributed by atoms with E-state index in [0.29, 0.717) is 6.42 Å². The first-order chi connectivity index (χ1) is 11.1. The van der Waals surface area contributed by atoms with E-state index < -0.39 is 6.10 Å². The molecule has 3 unspecified atom stereocenters. The average Bonchev–Trinajstić information content (AvgIpc) is 3.04. The Morgan fingerprint density at radius 1 is 1.26 bits per heavy atom. The highest BCUT2D eigenvalue weighted by Gasteiger charge is 2.38. The minimum absolute atomic E-state index is 0.0540. The molecule has 0 spiro atoms. The molecular weight excluding hydrogens is 292 g/mol. The molecule has 2 aliphatic heterocycles. The van der Waals surface area contributed by atoms with Gasteiger partial charge in [0.2, 0.25) is 6.10 Å². The fourth-order valence-corrected chi connectivity index (χ4v) is 3.57. The van der Waals surface area contributed by atoms with Crippen molar-refractivity contribution in [1.29, 1.82) is 0 Å². The number of nitrogens with zero attached hydrogens (tertiary/aromatic N) is 2. The molecule has 5 nitrogen and oxygen atoms in total. The van der Waals surface area contributed by atoms with Gasteiger partial charge in [0.25, 0.3) is 5.91 Å². The van der Waals surface area contributed by atoms with E-state index in [4.69, 9.17) is 9.57 Å². The zero-order valence-electron chi connectivity index (χ0n) is 14.0. The van der Waals surface area contributed by atoms with Gasteiger partial charge in [0.05, 0.1) is 12.8 Å². The molecule has 5 heteroatoms. The number of likely N-dealkylation sites (tertiary alicyclic amines) is 1. The van der Waals surface area contributed by atoms with E-state index in [9.17, 15) is 4.79 Å². The number of piperidine rings is 1. The molecule has 23 heavy (non-hydrogen) atoms. The van der Waals surface area contributed by atoms with Crippen molar-refractivity contribution >= 4 is 11.6 Å². The first kappa shape index (κ1) is 15.8. The molecule has 1 fully saturated rings. The van der Waals surface area contributed by atoms with Crippen LogP contribution in [0.1, 0.15) is 45.1 Å². The van der Waals surface area contributed by atoms with E-state index in [-0.39, 0.29) is 18.0 Å². The number of oxime groups is 1. The third kappa shape index (κ3) is 3.05. The van der Waals surface area contributed by atoms with Crippen LogP contribution in [0.5, 0.6) is 5.75 Å². The lowest BCUT2D eigenvalue weighted by atomic mass is 9.95. The van der Waals surface area contributed by atoms with Gasteiger partial charge in [-0.2, -0.15) is 0 Å². The summed E-state index contributed by atoms with van der Waals surface area (Å²) in [6, 6.07) is 8.22. The van der Waals surface area contributed by atoms with Crippen molar-refractivity contribution in [3.8, 4) is 5.75 Å². The van der Waals surface area contributed by atoms with E-state index in [1.807, 2.05) is 29.2 Å². The third-order valence-electron chi connectivity index (χ3n) is 4.81. The van der Waals surface area contributed by atoms with Crippen molar-refractivity contribution in [3.63, 3.8) is 0 Å². The monoisotopic (exact) mass is 316 g/mol. The van der Waals surface area contributed by atoms with Gasteiger partial charge in [0.15, 0.2) is 0 Å². The maximum absolute atomic E-state index is 12.8. The van der Waals surface area contributed by atoms with E-state index in [2.05, 4.69) is 19.0 Å². The summed E-state index contributed by atoms with van der Waals surface area (Å²) in [5, 5.41) is 4.15. The first-order valence-electron chi connectivity index (χ1n) is 8.30. The Kier molecular flexibility index (Phi) is 4.55. The van der Waals surface area contributed by atoms with Gasteiger partial charge >= 0.3 is 0 Å². The smallest absolute Gasteiger partial charge is 0.267 e. The van der Waals surface area contributed by atoms with E-state index in [0.717, 1.165) is 29.9 Å². The van der Waals surface area contributed by atoms with E-state index in [1.54, 1.807) is 7.11 Å². The second-order valence-electron chi connectivity index (χ2n) is 6.41. The van der Waals surface area contributed by atoms with Crippen LogP contribution in [0.4, 0.5) is 0 Å². The number of hydrogen-bond acceptors (Lipinski definition) is 4. The lowest BCUT2D eigenvalue weighted by molar-refractivity contribution is -0.148. The topological polar surface area (TPSA) is 51.1 Å². The van der Waals surface area contributed by atoms with Gasteiger partial charge in [0, 0.05) is 24.1 Å². The summed E-state index contributed by atoms with van der Waals surface area (Å²) in [4.78, 5) is 20.3. The van der Waals surface area contributed by atoms with Crippen LogP contribution >= 0.6 is 0 Å². The Bertz CT molecular complexity index is 604. The number of carbonyl (C=O) groups excluding carboxylic acids is 1. The van der Waals surface area contributed by atoms with Crippen LogP contribution < -0.4 is 4.74 Å². The Balaban J connectivity index is 1.72. The van der Waals surface area contributed by atoms with Crippen LogP contribution in [0.2, 0.25) is 0 Å². The van der Waals surface area contributed by atoms with Crippen LogP contribution in [-0.4, -0.2) is 41.8 Å². The van der Waals surface area contributed by atoms with Crippen molar-refractivity contribution in [2.24, 2.45) is 5.16 Å². The van der Waals surface area contributed by atoms with E-state index in [1.165, 1.54) is 6.42 Å². The number of hydrogen-bond donors (Lipinski definition) is 0. The van der Waals surface area contributed by atoms with Crippen LogP contribution in [0.25, 0.3) is 0 Å². The molecule has 0 aliphatic carbocycles. The van der Waals surface area contributed by atoms with Crippen LogP contribution in [0.3, 0.4) is 0 Å². The molecule has 3 rings (SSSR count). The summed E-state index contributed by atoms with van der Waals surface area (Å²) < 4.78 is 5.37. The fraction of sp³-hybridized carbons (Fsp3) is 0.556. The standard InChI is InChI=1S/C18H24N2O3/c1-12-7-6-8-13(2)20(12)18(21)17-11-15(19-23-17)14-9-4-5-10-16(14)22-3/h4-5,9-10,12-13,17H,6-8,11H2,1-3H3. The normalized spacial score (nSPS) is 27.3. The van der Waals surface area contributed by atoms with Crippen molar-refractivity contribution in [3.05, 3.63) is 29.8 Å². The molecule has 2 aliphatic rings. The number of amides is 1. The molecular formula is C18H24N2O3. The van der Waals surface area contributed by atoms with Crippen LogP contribution in [0, 0.1) is 0 Å². The number of para-hydroxylation sites is 1. The Labute approximate surface area is 137 Å². The minimum Gasteiger partial charge on any atom is -0.496 e. The molecule has 1 aromatic carbocycles. The molecule has 2 heterocycles. The Hall–Kier alpha value is -2.04. The molecule has 1 aromatic rings. The average molecular weight is 316 g/mol. The number of carbonyl (C=O) groups is 1. The van der Waals surface area contributed by atoms with Gasteiger partial charge in [0.1, 0.15) is 5.75 Å². The summed E-state index contributed by atoms with van der Waals surface area (Å²) in [6.45, 7) is 4.23. The molecule has 0 radical (unpaired) electrons. The predicted molar refractivity (Wildman–Crippen MR) is 88.6 cm³/mol. The molecule has 3 atom stereocenters. The van der Waals surface area contributed by atoms with Gasteiger partial charge in [-0.3, -0.25) is 4.79 Å². The number of ether oxygens (including phenoxy) is 1. The highest BCUT2D eigenvalue weighted by atomic mass is 16.6. The van der Waals surface area contributed by atoms with Gasteiger partial charge in [-0.05, 0) is 45.2 Å². The maximum Gasteiger partial charge on any atom is 0.267 e. The summed E-state index contributed by atoms with van der Waals surface area (Å²) in [7, 11) is 1.63. The van der Waals surface area contributed by atoms with Gasteiger partial charge < -0.3 is 14.5 Å². The zero-order valence-corrected chi connectivity index (χ0v) is 14.0. The molecule has 0 N–H and O–H groups in total. The lowest BCUT2D eigenvalue weighted by Crippen LogP contribution is -2.51. The Morgan fingerprint density at radius 2 is 1.96 bits per heavy atom. The zero-order chi connectivity index (χ0) is 16.4. The van der Waals surface area contributed by atoms with Gasteiger partial charge in [-0.25, -0.2) is 0 Å². The third-order valence-corrected chi connectivity index (χ3v) is 4.81. The molecule has 124 valence electrons.